The molecule has 0 fully saturated rings. The van der Waals surface area contributed by atoms with Crippen molar-refractivity contribution in [2.75, 3.05) is 6.79 Å². The lowest BCUT2D eigenvalue weighted by molar-refractivity contribution is -0.129. The van der Waals surface area contributed by atoms with Crippen molar-refractivity contribution in [1.82, 2.24) is 10.3 Å². The molecule has 0 spiro atoms. The molecule has 0 bridgehead atoms. The maximum absolute atomic E-state index is 12.3. The van der Waals surface area contributed by atoms with Crippen LogP contribution in [0.2, 0.25) is 0 Å². The second-order valence-corrected chi connectivity index (χ2v) is 6.34. The van der Waals surface area contributed by atoms with Gasteiger partial charge in [0.1, 0.15) is 5.69 Å². The predicted octanol–water partition coefficient (Wildman–Crippen LogP) is 2.83. The fraction of sp³-hybridized carbons (Fsp3) is 0.190. The number of amides is 1. The van der Waals surface area contributed by atoms with Gasteiger partial charge < -0.3 is 19.5 Å². The van der Waals surface area contributed by atoms with Crippen LogP contribution in [0.5, 0.6) is 11.5 Å². The van der Waals surface area contributed by atoms with E-state index in [4.69, 9.17) is 14.2 Å². The van der Waals surface area contributed by atoms with Crippen LogP contribution in [0.4, 0.5) is 0 Å². The maximum Gasteiger partial charge on any atom is 0.357 e. The third-order valence-electron chi connectivity index (χ3n) is 4.36. The Labute approximate surface area is 161 Å². The van der Waals surface area contributed by atoms with Gasteiger partial charge in [-0.15, -0.1) is 0 Å². The number of nitrogens with zero attached hydrogens (tertiary/aromatic N) is 1. The highest BCUT2D eigenvalue weighted by Crippen LogP contribution is 2.32. The molecule has 0 radical (unpaired) electrons. The first-order valence-electron chi connectivity index (χ1n) is 8.83. The van der Waals surface area contributed by atoms with Crippen LogP contribution in [-0.2, 0) is 16.1 Å². The highest BCUT2D eigenvalue weighted by atomic mass is 16.7. The van der Waals surface area contributed by atoms with Crippen molar-refractivity contribution in [2.45, 2.75) is 19.6 Å². The van der Waals surface area contributed by atoms with E-state index in [1.807, 2.05) is 30.3 Å². The lowest BCUT2D eigenvalue weighted by atomic mass is 10.2. The van der Waals surface area contributed by atoms with E-state index < -0.39 is 18.0 Å². The number of pyridine rings is 1. The Hall–Kier alpha value is -3.61. The normalized spacial score (nSPS) is 13.2. The Kier molecular flexibility index (Phi) is 4.80. The number of fused-ring (bicyclic) bond motifs is 2. The first kappa shape index (κ1) is 17.8. The molecule has 2 heterocycles. The van der Waals surface area contributed by atoms with Gasteiger partial charge in [0, 0.05) is 11.9 Å². The Morgan fingerprint density at radius 1 is 1.11 bits per heavy atom. The van der Waals surface area contributed by atoms with Crippen molar-refractivity contribution in [3.63, 3.8) is 0 Å². The molecule has 3 aromatic rings. The topological polar surface area (TPSA) is 86.8 Å². The molecule has 7 heteroatoms. The Bertz CT molecular complexity index is 1050. The number of carbonyl (C=O) groups excluding carboxylic acids is 2. The first-order chi connectivity index (χ1) is 13.6. The zero-order valence-corrected chi connectivity index (χ0v) is 15.2. The summed E-state index contributed by atoms with van der Waals surface area (Å²) >= 11 is 0. The summed E-state index contributed by atoms with van der Waals surface area (Å²) in [7, 11) is 0. The highest BCUT2D eigenvalue weighted by molar-refractivity contribution is 5.93. The summed E-state index contributed by atoms with van der Waals surface area (Å²) in [5.41, 5.74) is 1.71. The Morgan fingerprint density at radius 3 is 2.82 bits per heavy atom. The molecular weight excluding hydrogens is 360 g/mol. The van der Waals surface area contributed by atoms with Gasteiger partial charge in [-0.1, -0.05) is 30.3 Å². The Morgan fingerprint density at radius 2 is 1.93 bits per heavy atom. The van der Waals surface area contributed by atoms with E-state index in [-0.39, 0.29) is 19.0 Å². The number of para-hydroxylation sites is 1. The standard InChI is InChI=1S/C21H18N2O5/c1-13(20(24)22-11-14-6-9-18-19(10-14)27-12-26-18)28-21(25)17-8-7-15-4-2-3-5-16(15)23-17/h2-10,13H,11-12H2,1H3,(H,22,24)/t13-/m0/s1. The number of hydrogen-bond donors (Lipinski definition) is 1. The molecule has 4 rings (SSSR count). The average Bonchev–Trinajstić information content (AvgIpc) is 3.19. The minimum atomic E-state index is -0.949. The second-order valence-electron chi connectivity index (χ2n) is 6.34. The number of carbonyl (C=O) groups is 2. The average molecular weight is 378 g/mol. The zero-order chi connectivity index (χ0) is 19.5. The van der Waals surface area contributed by atoms with Crippen LogP contribution in [0.3, 0.4) is 0 Å². The van der Waals surface area contributed by atoms with Gasteiger partial charge in [-0.3, -0.25) is 4.79 Å². The van der Waals surface area contributed by atoms with Crippen molar-refractivity contribution < 1.29 is 23.8 Å². The molecule has 2 aromatic carbocycles. The molecule has 0 saturated heterocycles. The van der Waals surface area contributed by atoms with E-state index in [9.17, 15) is 9.59 Å². The predicted molar refractivity (Wildman–Crippen MR) is 101 cm³/mol. The molecule has 1 aliphatic heterocycles. The number of hydrogen-bond acceptors (Lipinski definition) is 6. The van der Waals surface area contributed by atoms with Crippen molar-refractivity contribution in [1.29, 1.82) is 0 Å². The molecule has 1 amide bonds. The van der Waals surface area contributed by atoms with E-state index in [2.05, 4.69) is 10.3 Å². The van der Waals surface area contributed by atoms with Gasteiger partial charge in [0.2, 0.25) is 6.79 Å². The lowest BCUT2D eigenvalue weighted by Gasteiger charge is -2.13. The monoisotopic (exact) mass is 378 g/mol. The van der Waals surface area contributed by atoms with Crippen LogP contribution in [0.1, 0.15) is 23.0 Å². The summed E-state index contributed by atoms with van der Waals surface area (Å²) in [6.07, 6.45) is -0.949. The van der Waals surface area contributed by atoms with E-state index >= 15 is 0 Å². The van der Waals surface area contributed by atoms with Crippen molar-refractivity contribution in [3.8, 4) is 11.5 Å². The van der Waals surface area contributed by atoms with Gasteiger partial charge in [0.15, 0.2) is 17.6 Å². The summed E-state index contributed by atoms with van der Waals surface area (Å²) in [5, 5.41) is 3.67. The van der Waals surface area contributed by atoms with Crippen molar-refractivity contribution in [3.05, 3.63) is 65.9 Å². The minimum Gasteiger partial charge on any atom is -0.454 e. The van der Waals surface area contributed by atoms with Gasteiger partial charge in [-0.2, -0.15) is 0 Å². The van der Waals surface area contributed by atoms with Crippen LogP contribution < -0.4 is 14.8 Å². The second kappa shape index (κ2) is 7.56. The molecule has 1 aliphatic rings. The minimum absolute atomic E-state index is 0.161. The van der Waals surface area contributed by atoms with Crippen LogP contribution in [0.15, 0.2) is 54.6 Å². The van der Waals surface area contributed by atoms with Gasteiger partial charge >= 0.3 is 5.97 Å². The van der Waals surface area contributed by atoms with Gasteiger partial charge in [0.05, 0.1) is 5.52 Å². The quantitative estimate of drug-likeness (QED) is 0.687. The maximum atomic E-state index is 12.3. The van der Waals surface area contributed by atoms with Gasteiger partial charge in [0.25, 0.3) is 5.91 Å². The third kappa shape index (κ3) is 3.73. The number of esters is 1. The highest BCUT2D eigenvalue weighted by Gasteiger charge is 2.20. The molecule has 1 atom stereocenters. The molecule has 1 aromatic heterocycles. The van der Waals surface area contributed by atoms with E-state index in [0.717, 1.165) is 10.9 Å². The summed E-state index contributed by atoms with van der Waals surface area (Å²) in [6.45, 7) is 2.00. The zero-order valence-electron chi connectivity index (χ0n) is 15.2. The molecule has 28 heavy (non-hydrogen) atoms. The lowest BCUT2D eigenvalue weighted by Crippen LogP contribution is -2.35. The summed E-state index contributed by atoms with van der Waals surface area (Å²) in [6, 6.07) is 16.3. The molecular formula is C21H18N2O5. The largest absolute Gasteiger partial charge is 0.454 e. The molecule has 0 aliphatic carbocycles. The van der Waals surface area contributed by atoms with E-state index in [1.54, 1.807) is 24.3 Å². The molecule has 142 valence electrons. The fourth-order valence-corrected chi connectivity index (χ4v) is 2.84. The molecule has 0 saturated carbocycles. The van der Waals surface area contributed by atoms with Gasteiger partial charge in [-0.25, -0.2) is 9.78 Å². The van der Waals surface area contributed by atoms with E-state index in [0.29, 0.717) is 17.0 Å². The third-order valence-corrected chi connectivity index (χ3v) is 4.36. The Balaban J connectivity index is 1.35. The summed E-state index contributed by atoms with van der Waals surface area (Å²) in [5.74, 6) is 0.289. The van der Waals surface area contributed by atoms with Crippen molar-refractivity contribution in [2.24, 2.45) is 0 Å². The fourth-order valence-electron chi connectivity index (χ4n) is 2.84. The smallest absolute Gasteiger partial charge is 0.357 e. The number of rotatable bonds is 5. The van der Waals surface area contributed by atoms with Crippen LogP contribution >= 0.6 is 0 Å². The van der Waals surface area contributed by atoms with Crippen LogP contribution in [0.25, 0.3) is 10.9 Å². The van der Waals surface area contributed by atoms with Crippen LogP contribution in [-0.4, -0.2) is 29.8 Å². The molecule has 7 nitrogen and oxygen atoms in total. The van der Waals surface area contributed by atoms with Crippen LogP contribution in [0, 0.1) is 0 Å². The number of benzene rings is 2. The summed E-state index contributed by atoms with van der Waals surface area (Å²) < 4.78 is 15.8. The van der Waals surface area contributed by atoms with Crippen molar-refractivity contribution >= 4 is 22.8 Å². The number of ether oxygens (including phenoxy) is 3. The number of aromatic nitrogens is 1. The molecule has 0 unspecified atom stereocenters. The number of nitrogens with one attached hydrogen (secondary N) is 1. The SMILES string of the molecule is C[C@H](OC(=O)c1ccc2ccccc2n1)C(=O)NCc1ccc2c(c1)OCO2. The summed E-state index contributed by atoms with van der Waals surface area (Å²) in [4.78, 5) is 28.9. The first-order valence-corrected chi connectivity index (χ1v) is 8.83. The molecule has 1 N–H and O–H groups in total. The van der Waals surface area contributed by atoms with E-state index in [1.165, 1.54) is 6.92 Å². The van der Waals surface area contributed by atoms with Gasteiger partial charge in [-0.05, 0) is 36.8 Å².